The molecule has 12 heavy (non-hydrogen) atoms. The fraction of sp³-hybridized carbons (Fsp3) is 1.00. The zero-order valence-corrected chi connectivity index (χ0v) is 11.5. The molecule has 0 atom stereocenters. The molecule has 71 valence electrons. The molecule has 0 aromatic heterocycles. The Bertz CT molecular complexity index is 89.1. The molecule has 3 nitrogen and oxygen atoms in total. The van der Waals surface area contributed by atoms with Crippen LogP contribution in [0, 0.1) is 5.92 Å². The predicted octanol–water partition coefficient (Wildman–Crippen LogP) is -0.284. The van der Waals surface area contributed by atoms with E-state index in [9.17, 15) is 0 Å². The number of hydrogen-bond acceptors (Lipinski definition) is 3. The molecule has 0 fully saturated rings. The Morgan fingerprint density at radius 1 is 1.00 bits per heavy atom. The van der Waals surface area contributed by atoms with Gasteiger partial charge in [-0.3, -0.25) is 0 Å². The number of aliphatic hydroxyl groups is 1. The second kappa shape index (κ2) is 8.58. The third-order valence-electron chi connectivity index (χ3n) is 1.50. The molecule has 0 rings (SSSR count). The Balaban J connectivity index is 0. The van der Waals surface area contributed by atoms with Gasteiger partial charge in [-0.15, -0.1) is 0 Å². The van der Waals surface area contributed by atoms with Crippen LogP contribution in [0.5, 0.6) is 0 Å². The van der Waals surface area contributed by atoms with E-state index in [4.69, 9.17) is 5.11 Å². The SMILES string of the molecule is CN(C)CC(CO)CN(C)C.[Y]. The van der Waals surface area contributed by atoms with Gasteiger partial charge in [-0.25, -0.2) is 0 Å². The van der Waals surface area contributed by atoms with Gasteiger partial charge in [0.15, 0.2) is 0 Å². The van der Waals surface area contributed by atoms with E-state index in [0.717, 1.165) is 13.1 Å². The summed E-state index contributed by atoms with van der Waals surface area (Å²) in [6.45, 7) is 2.18. The molecule has 4 heteroatoms. The summed E-state index contributed by atoms with van der Waals surface area (Å²) in [5, 5.41) is 8.97. The summed E-state index contributed by atoms with van der Waals surface area (Å²) < 4.78 is 0. The Morgan fingerprint density at radius 2 is 1.33 bits per heavy atom. The largest absolute Gasteiger partial charge is 0.396 e. The number of rotatable bonds is 5. The van der Waals surface area contributed by atoms with Gasteiger partial charge >= 0.3 is 0 Å². The maximum absolute atomic E-state index is 8.97. The topological polar surface area (TPSA) is 26.7 Å². The van der Waals surface area contributed by atoms with Gasteiger partial charge < -0.3 is 14.9 Å². The maximum atomic E-state index is 8.97. The maximum Gasteiger partial charge on any atom is 0.0483 e. The average molecular weight is 249 g/mol. The molecule has 0 aliphatic rings. The normalized spacial score (nSPS) is 11.0. The third kappa shape index (κ3) is 9.07. The first-order valence-corrected chi connectivity index (χ1v) is 3.96. The Hall–Kier alpha value is 0.984. The smallest absolute Gasteiger partial charge is 0.0483 e. The zero-order chi connectivity index (χ0) is 8.85. The van der Waals surface area contributed by atoms with Crippen molar-refractivity contribution in [1.82, 2.24) is 9.80 Å². The Kier molecular flexibility index (Phi) is 11.0. The minimum atomic E-state index is 0. The van der Waals surface area contributed by atoms with E-state index in [0.29, 0.717) is 5.92 Å². The summed E-state index contributed by atoms with van der Waals surface area (Å²) in [5.41, 5.74) is 0. The quantitative estimate of drug-likeness (QED) is 0.725. The van der Waals surface area contributed by atoms with Crippen molar-refractivity contribution >= 4 is 0 Å². The molecule has 0 amide bonds. The van der Waals surface area contributed by atoms with Crippen molar-refractivity contribution in [1.29, 1.82) is 0 Å². The van der Waals surface area contributed by atoms with Gasteiger partial charge in [0.05, 0.1) is 0 Å². The van der Waals surface area contributed by atoms with Crippen molar-refractivity contribution in [2.45, 2.75) is 0 Å². The van der Waals surface area contributed by atoms with Crippen molar-refractivity contribution in [2.75, 3.05) is 47.9 Å². The molecular weight excluding hydrogens is 229 g/mol. The van der Waals surface area contributed by atoms with Crippen molar-refractivity contribution < 1.29 is 37.8 Å². The van der Waals surface area contributed by atoms with Gasteiger partial charge in [-0.1, -0.05) is 0 Å². The first-order chi connectivity index (χ1) is 5.06. The second-order valence-electron chi connectivity index (χ2n) is 3.57. The van der Waals surface area contributed by atoms with Crippen LogP contribution in [-0.2, 0) is 32.7 Å². The number of nitrogens with zero attached hydrogens (tertiary/aromatic N) is 2. The second-order valence-corrected chi connectivity index (χ2v) is 3.57. The Morgan fingerprint density at radius 3 is 1.50 bits per heavy atom. The minimum Gasteiger partial charge on any atom is -0.396 e. The van der Waals surface area contributed by atoms with Gasteiger partial charge in [0, 0.05) is 58.3 Å². The van der Waals surface area contributed by atoms with Crippen molar-refractivity contribution in [3.8, 4) is 0 Å². The molecule has 1 N–H and O–H groups in total. The van der Waals surface area contributed by atoms with E-state index >= 15 is 0 Å². The van der Waals surface area contributed by atoms with Crippen molar-refractivity contribution in [2.24, 2.45) is 5.92 Å². The van der Waals surface area contributed by atoms with Crippen LogP contribution in [0.25, 0.3) is 0 Å². The van der Waals surface area contributed by atoms with E-state index in [2.05, 4.69) is 9.80 Å². The molecular formula is C8H20N2OY. The molecule has 0 spiro atoms. The van der Waals surface area contributed by atoms with Crippen LogP contribution in [0.15, 0.2) is 0 Å². The van der Waals surface area contributed by atoms with Gasteiger partial charge in [0.25, 0.3) is 0 Å². The van der Waals surface area contributed by atoms with Crippen LogP contribution in [-0.4, -0.2) is 62.8 Å². The molecule has 0 aliphatic heterocycles. The Labute approximate surface area is 101 Å². The van der Waals surface area contributed by atoms with Gasteiger partial charge in [0.2, 0.25) is 0 Å². The molecule has 0 aromatic carbocycles. The van der Waals surface area contributed by atoms with E-state index in [1.807, 2.05) is 28.2 Å². The predicted molar refractivity (Wildman–Crippen MR) is 47.7 cm³/mol. The molecule has 0 unspecified atom stereocenters. The number of aliphatic hydroxyl groups excluding tert-OH is 1. The van der Waals surface area contributed by atoms with Gasteiger partial charge in [-0.2, -0.15) is 0 Å². The monoisotopic (exact) mass is 249 g/mol. The minimum absolute atomic E-state index is 0. The summed E-state index contributed by atoms with van der Waals surface area (Å²) in [6, 6.07) is 0. The molecule has 1 radical (unpaired) electrons. The van der Waals surface area contributed by atoms with Gasteiger partial charge in [0.1, 0.15) is 0 Å². The molecule has 0 saturated heterocycles. The molecule has 0 bridgehead atoms. The number of hydrogen-bond donors (Lipinski definition) is 1. The van der Waals surface area contributed by atoms with Crippen LogP contribution in [0.2, 0.25) is 0 Å². The van der Waals surface area contributed by atoms with Crippen molar-refractivity contribution in [3.05, 3.63) is 0 Å². The molecule has 0 aromatic rings. The summed E-state index contributed by atoms with van der Waals surface area (Å²) in [4.78, 5) is 4.20. The zero-order valence-electron chi connectivity index (χ0n) is 8.62. The van der Waals surface area contributed by atoms with E-state index in [-0.39, 0.29) is 39.3 Å². The van der Waals surface area contributed by atoms with E-state index < -0.39 is 0 Å². The fourth-order valence-electron chi connectivity index (χ4n) is 1.21. The first kappa shape index (κ1) is 15.5. The summed E-state index contributed by atoms with van der Waals surface area (Å²) in [7, 11) is 8.10. The molecule has 0 aliphatic carbocycles. The van der Waals surface area contributed by atoms with Crippen LogP contribution in [0.4, 0.5) is 0 Å². The van der Waals surface area contributed by atoms with Crippen LogP contribution in [0.1, 0.15) is 0 Å². The van der Waals surface area contributed by atoms with Crippen molar-refractivity contribution in [3.63, 3.8) is 0 Å². The standard InChI is InChI=1S/C8H20N2O.Y/c1-9(2)5-8(7-11)6-10(3)4;/h8,11H,5-7H2,1-4H3;. The van der Waals surface area contributed by atoms with Crippen LogP contribution in [0.3, 0.4) is 0 Å². The fourth-order valence-corrected chi connectivity index (χ4v) is 1.21. The third-order valence-corrected chi connectivity index (χ3v) is 1.50. The van der Waals surface area contributed by atoms with Crippen LogP contribution >= 0.6 is 0 Å². The summed E-state index contributed by atoms with van der Waals surface area (Å²) in [6.07, 6.45) is 0. The molecule has 0 heterocycles. The summed E-state index contributed by atoms with van der Waals surface area (Å²) in [5.74, 6) is 0.375. The van der Waals surface area contributed by atoms with Crippen LogP contribution < -0.4 is 0 Å². The van der Waals surface area contributed by atoms with E-state index in [1.54, 1.807) is 0 Å². The first-order valence-electron chi connectivity index (χ1n) is 3.96. The van der Waals surface area contributed by atoms with Gasteiger partial charge in [-0.05, 0) is 28.2 Å². The molecule has 0 saturated carbocycles. The summed E-state index contributed by atoms with van der Waals surface area (Å²) >= 11 is 0. The average Bonchev–Trinajstić information content (AvgIpc) is 1.84. The van der Waals surface area contributed by atoms with E-state index in [1.165, 1.54) is 0 Å².